The second kappa shape index (κ2) is 6.05. The fourth-order valence-electron chi connectivity index (χ4n) is 2.86. The van der Waals surface area contributed by atoms with Crippen LogP contribution in [0.5, 0.6) is 0 Å². The summed E-state index contributed by atoms with van der Waals surface area (Å²) in [6, 6.07) is 5.29. The second-order valence-electron chi connectivity index (χ2n) is 6.10. The lowest BCUT2D eigenvalue weighted by Crippen LogP contribution is -2.38. The van der Waals surface area contributed by atoms with E-state index < -0.39 is 10.0 Å². The molecular formula is C16H21N3O3S. The summed E-state index contributed by atoms with van der Waals surface area (Å²) in [5, 5.41) is 3.95. The van der Waals surface area contributed by atoms with E-state index in [1.54, 1.807) is 23.4 Å². The molecule has 0 unspecified atom stereocenters. The molecule has 1 saturated heterocycles. The van der Waals surface area contributed by atoms with Gasteiger partial charge in [0.1, 0.15) is 0 Å². The van der Waals surface area contributed by atoms with E-state index in [1.807, 2.05) is 19.9 Å². The Labute approximate surface area is 136 Å². The van der Waals surface area contributed by atoms with Crippen molar-refractivity contribution in [2.75, 3.05) is 13.1 Å². The van der Waals surface area contributed by atoms with Gasteiger partial charge in [0.2, 0.25) is 15.9 Å². The highest BCUT2D eigenvalue weighted by Gasteiger charge is 2.31. The van der Waals surface area contributed by atoms with Crippen LogP contribution in [0.2, 0.25) is 0 Å². The van der Waals surface area contributed by atoms with Crippen molar-refractivity contribution in [2.24, 2.45) is 0 Å². The third-order valence-electron chi connectivity index (χ3n) is 4.48. The van der Waals surface area contributed by atoms with Crippen molar-refractivity contribution in [3.63, 3.8) is 0 Å². The van der Waals surface area contributed by atoms with Crippen LogP contribution in [0.4, 0.5) is 0 Å². The smallest absolute Gasteiger partial charge is 0.243 e. The van der Waals surface area contributed by atoms with Gasteiger partial charge in [-0.2, -0.15) is 9.29 Å². The molecule has 1 fully saturated rings. The van der Waals surface area contributed by atoms with E-state index in [0.29, 0.717) is 42.5 Å². The average molecular weight is 335 g/mol. The number of hydrogen-bond acceptors (Lipinski definition) is 5. The maximum Gasteiger partial charge on any atom is 0.243 e. The Morgan fingerprint density at radius 2 is 1.83 bits per heavy atom. The lowest BCUT2D eigenvalue weighted by atomic mass is 9.98. The quantitative estimate of drug-likeness (QED) is 0.861. The van der Waals surface area contributed by atoms with Crippen LogP contribution in [0.1, 0.15) is 41.6 Å². The summed E-state index contributed by atoms with van der Waals surface area (Å²) in [7, 11) is -3.43. The molecule has 0 amide bonds. The van der Waals surface area contributed by atoms with E-state index in [9.17, 15) is 8.42 Å². The number of sulfonamides is 1. The molecule has 2 heterocycles. The van der Waals surface area contributed by atoms with Gasteiger partial charge in [-0.25, -0.2) is 8.42 Å². The molecule has 7 heteroatoms. The summed E-state index contributed by atoms with van der Waals surface area (Å²) >= 11 is 0. The van der Waals surface area contributed by atoms with Crippen LogP contribution in [0.25, 0.3) is 0 Å². The fraction of sp³-hybridized carbons (Fsp3) is 0.500. The van der Waals surface area contributed by atoms with Crippen LogP contribution in [0.3, 0.4) is 0 Å². The van der Waals surface area contributed by atoms with Crippen molar-refractivity contribution in [3.8, 4) is 0 Å². The van der Waals surface area contributed by atoms with Crippen LogP contribution in [-0.4, -0.2) is 36.0 Å². The first-order valence-electron chi connectivity index (χ1n) is 7.75. The molecule has 23 heavy (non-hydrogen) atoms. The summed E-state index contributed by atoms with van der Waals surface area (Å²) < 4.78 is 32.1. The van der Waals surface area contributed by atoms with Crippen LogP contribution in [0.15, 0.2) is 27.6 Å². The highest BCUT2D eigenvalue weighted by atomic mass is 32.2. The van der Waals surface area contributed by atoms with Gasteiger partial charge in [-0.1, -0.05) is 11.2 Å². The third kappa shape index (κ3) is 3.16. The molecule has 1 aliphatic heterocycles. The number of aryl methyl sites for hydroxylation is 3. The van der Waals surface area contributed by atoms with Gasteiger partial charge in [0.05, 0.1) is 4.90 Å². The molecule has 0 N–H and O–H groups in total. The minimum absolute atomic E-state index is 0.165. The van der Waals surface area contributed by atoms with Crippen LogP contribution in [0, 0.1) is 20.8 Å². The number of nitrogens with zero attached hydrogens (tertiary/aromatic N) is 3. The molecule has 1 aromatic heterocycles. The highest BCUT2D eigenvalue weighted by molar-refractivity contribution is 7.89. The first kappa shape index (κ1) is 16.1. The SMILES string of the molecule is Cc1nc(C2CCN(S(=O)(=O)c3ccc(C)c(C)c3)CC2)no1. The molecule has 1 aliphatic rings. The molecule has 6 nitrogen and oxygen atoms in total. The van der Waals surface area contributed by atoms with E-state index in [0.717, 1.165) is 11.1 Å². The minimum atomic E-state index is -3.43. The Balaban J connectivity index is 1.74. The summed E-state index contributed by atoms with van der Waals surface area (Å²) in [5.41, 5.74) is 2.08. The molecule has 0 atom stereocenters. The largest absolute Gasteiger partial charge is 0.340 e. The lowest BCUT2D eigenvalue weighted by molar-refractivity contribution is 0.305. The maximum atomic E-state index is 12.8. The first-order valence-corrected chi connectivity index (χ1v) is 9.19. The molecule has 0 aliphatic carbocycles. The Morgan fingerprint density at radius 1 is 1.13 bits per heavy atom. The monoisotopic (exact) mass is 335 g/mol. The second-order valence-corrected chi connectivity index (χ2v) is 8.03. The van der Waals surface area contributed by atoms with Gasteiger partial charge in [0.15, 0.2) is 5.82 Å². The molecule has 0 spiro atoms. The van der Waals surface area contributed by atoms with Gasteiger partial charge >= 0.3 is 0 Å². The molecule has 2 aromatic rings. The van der Waals surface area contributed by atoms with Crippen molar-refractivity contribution in [1.29, 1.82) is 0 Å². The lowest BCUT2D eigenvalue weighted by Gasteiger charge is -2.29. The Morgan fingerprint density at radius 3 is 2.39 bits per heavy atom. The number of rotatable bonds is 3. The molecule has 3 rings (SSSR count). The molecule has 0 radical (unpaired) electrons. The zero-order chi connectivity index (χ0) is 16.6. The molecule has 1 aromatic carbocycles. The normalized spacial score (nSPS) is 17.5. The fourth-order valence-corrected chi connectivity index (χ4v) is 4.41. The Bertz CT molecular complexity index is 806. The van der Waals surface area contributed by atoms with E-state index in [1.165, 1.54) is 0 Å². The van der Waals surface area contributed by atoms with E-state index >= 15 is 0 Å². The number of hydrogen-bond donors (Lipinski definition) is 0. The zero-order valence-corrected chi connectivity index (χ0v) is 14.4. The van der Waals surface area contributed by atoms with Crippen LogP contribution >= 0.6 is 0 Å². The summed E-state index contributed by atoms with van der Waals surface area (Å²) in [4.78, 5) is 4.63. The van der Waals surface area contributed by atoms with E-state index in [4.69, 9.17) is 4.52 Å². The summed E-state index contributed by atoms with van der Waals surface area (Å²) in [5.74, 6) is 1.40. The number of aromatic nitrogens is 2. The minimum Gasteiger partial charge on any atom is -0.340 e. The number of piperidine rings is 1. The predicted molar refractivity (Wildman–Crippen MR) is 85.7 cm³/mol. The maximum absolute atomic E-state index is 12.8. The Hall–Kier alpha value is -1.73. The van der Waals surface area contributed by atoms with Gasteiger partial charge in [0, 0.05) is 25.9 Å². The molecular weight excluding hydrogens is 314 g/mol. The van der Waals surface area contributed by atoms with Crippen molar-refractivity contribution >= 4 is 10.0 Å². The van der Waals surface area contributed by atoms with E-state index in [-0.39, 0.29) is 5.92 Å². The first-order chi connectivity index (χ1) is 10.9. The molecule has 0 bridgehead atoms. The topological polar surface area (TPSA) is 76.3 Å². The van der Waals surface area contributed by atoms with Gasteiger partial charge in [0.25, 0.3) is 0 Å². The standard InChI is InChI=1S/C16H21N3O3S/c1-11-4-5-15(10-12(11)2)23(20,21)19-8-6-14(7-9-19)16-17-13(3)22-18-16/h4-5,10,14H,6-9H2,1-3H3. The average Bonchev–Trinajstić information content (AvgIpc) is 2.96. The van der Waals surface area contributed by atoms with Crippen LogP contribution in [-0.2, 0) is 10.0 Å². The van der Waals surface area contributed by atoms with Crippen molar-refractivity contribution in [1.82, 2.24) is 14.4 Å². The van der Waals surface area contributed by atoms with Gasteiger partial charge in [-0.15, -0.1) is 0 Å². The summed E-state index contributed by atoms with van der Waals surface area (Å²) in [6.45, 7) is 6.63. The van der Waals surface area contributed by atoms with Gasteiger partial charge < -0.3 is 4.52 Å². The van der Waals surface area contributed by atoms with Crippen molar-refractivity contribution in [2.45, 2.75) is 44.4 Å². The van der Waals surface area contributed by atoms with Crippen LogP contribution < -0.4 is 0 Å². The third-order valence-corrected chi connectivity index (χ3v) is 6.37. The van der Waals surface area contributed by atoms with E-state index in [2.05, 4.69) is 10.1 Å². The van der Waals surface area contributed by atoms with Gasteiger partial charge in [-0.3, -0.25) is 0 Å². The number of benzene rings is 1. The van der Waals surface area contributed by atoms with Crippen molar-refractivity contribution < 1.29 is 12.9 Å². The van der Waals surface area contributed by atoms with Crippen molar-refractivity contribution in [3.05, 3.63) is 41.0 Å². The summed E-state index contributed by atoms with van der Waals surface area (Å²) in [6.07, 6.45) is 1.42. The predicted octanol–water partition coefficient (Wildman–Crippen LogP) is 2.56. The zero-order valence-electron chi connectivity index (χ0n) is 13.6. The Kier molecular flexibility index (Phi) is 4.25. The highest BCUT2D eigenvalue weighted by Crippen LogP contribution is 2.29. The molecule has 0 saturated carbocycles. The van der Waals surface area contributed by atoms with Gasteiger partial charge in [-0.05, 0) is 49.9 Å². The molecule has 124 valence electrons.